The number of imidazole rings is 1. The van der Waals surface area contributed by atoms with Gasteiger partial charge in [0.15, 0.2) is 0 Å². The molecule has 1 atom stereocenters. The first-order valence-electron chi connectivity index (χ1n) is 10.5. The third-order valence-corrected chi connectivity index (χ3v) is 6.11. The molecule has 0 radical (unpaired) electrons. The van der Waals surface area contributed by atoms with E-state index in [0.717, 1.165) is 39.5 Å². The number of hydrogen-bond acceptors (Lipinski definition) is 3. The summed E-state index contributed by atoms with van der Waals surface area (Å²) in [6.45, 7) is 6.39. The van der Waals surface area contributed by atoms with Crippen LogP contribution in [-0.2, 0) is 9.31 Å². The van der Waals surface area contributed by atoms with E-state index >= 15 is 0 Å². The SMILES string of the molecule is CC1CC(C)(C)OB(c2ccc3c(c2)c2ccccc2n2c4ccccc4nc32)O1. The Bertz CT molecular complexity index is 1440. The van der Waals surface area contributed by atoms with Gasteiger partial charge in [-0.15, -0.1) is 0 Å². The molecule has 1 saturated heterocycles. The van der Waals surface area contributed by atoms with E-state index in [4.69, 9.17) is 14.3 Å². The average Bonchev–Trinajstić information content (AvgIpc) is 3.12. The Kier molecular flexibility index (Phi) is 3.77. The van der Waals surface area contributed by atoms with E-state index in [2.05, 4.69) is 85.8 Å². The summed E-state index contributed by atoms with van der Waals surface area (Å²) in [7, 11) is -0.359. The van der Waals surface area contributed by atoms with E-state index < -0.39 is 0 Å². The minimum absolute atomic E-state index is 0.159. The number of pyridine rings is 1. The molecule has 30 heavy (non-hydrogen) atoms. The molecule has 3 heterocycles. The van der Waals surface area contributed by atoms with Gasteiger partial charge in [-0.2, -0.15) is 0 Å². The van der Waals surface area contributed by atoms with Crippen LogP contribution in [0.2, 0.25) is 0 Å². The van der Waals surface area contributed by atoms with Crippen molar-refractivity contribution in [1.29, 1.82) is 0 Å². The van der Waals surface area contributed by atoms with Gasteiger partial charge in [-0.3, -0.25) is 4.40 Å². The largest absolute Gasteiger partial charge is 0.494 e. The smallest absolute Gasteiger partial charge is 0.405 e. The van der Waals surface area contributed by atoms with Gasteiger partial charge in [0.2, 0.25) is 0 Å². The highest BCUT2D eigenvalue weighted by Gasteiger charge is 2.38. The Morgan fingerprint density at radius 2 is 1.70 bits per heavy atom. The van der Waals surface area contributed by atoms with Crippen LogP contribution in [0.4, 0.5) is 0 Å². The molecule has 148 valence electrons. The van der Waals surface area contributed by atoms with Gasteiger partial charge >= 0.3 is 7.12 Å². The van der Waals surface area contributed by atoms with Crippen molar-refractivity contribution < 1.29 is 9.31 Å². The number of benzene rings is 3. The number of aromatic nitrogens is 2. The van der Waals surface area contributed by atoms with Crippen LogP contribution in [0.5, 0.6) is 0 Å². The van der Waals surface area contributed by atoms with Crippen molar-refractivity contribution in [3.05, 3.63) is 66.7 Å². The van der Waals surface area contributed by atoms with Crippen LogP contribution < -0.4 is 5.46 Å². The lowest BCUT2D eigenvalue weighted by molar-refractivity contribution is -0.0229. The third kappa shape index (κ3) is 2.66. The first-order chi connectivity index (χ1) is 14.5. The maximum atomic E-state index is 6.28. The van der Waals surface area contributed by atoms with Crippen LogP contribution >= 0.6 is 0 Å². The zero-order valence-corrected chi connectivity index (χ0v) is 17.4. The number of nitrogens with zero attached hydrogens (tertiary/aromatic N) is 2. The fraction of sp³-hybridized carbons (Fsp3) is 0.240. The lowest BCUT2D eigenvalue weighted by atomic mass is 9.74. The Hall–Kier alpha value is -2.89. The molecule has 1 unspecified atom stereocenters. The van der Waals surface area contributed by atoms with Gasteiger partial charge in [0, 0.05) is 16.9 Å². The molecule has 0 N–H and O–H groups in total. The maximum Gasteiger partial charge on any atom is 0.494 e. The first kappa shape index (κ1) is 17.9. The zero-order valence-electron chi connectivity index (χ0n) is 17.4. The normalized spacial score (nSPS) is 19.3. The molecule has 1 aliphatic rings. The third-order valence-electron chi connectivity index (χ3n) is 6.11. The molecule has 0 amide bonds. The molecule has 0 spiro atoms. The van der Waals surface area contributed by atoms with Gasteiger partial charge in [-0.05, 0) is 56.2 Å². The van der Waals surface area contributed by atoms with Crippen molar-refractivity contribution in [1.82, 2.24) is 9.38 Å². The highest BCUT2D eigenvalue weighted by Crippen LogP contribution is 2.32. The molecule has 0 aliphatic carbocycles. The van der Waals surface area contributed by atoms with Crippen LogP contribution in [0.25, 0.3) is 38.4 Å². The highest BCUT2D eigenvalue weighted by molar-refractivity contribution is 6.62. The van der Waals surface area contributed by atoms with Crippen molar-refractivity contribution in [2.75, 3.05) is 0 Å². The second kappa shape index (κ2) is 6.30. The van der Waals surface area contributed by atoms with Gasteiger partial charge in [-0.25, -0.2) is 4.98 Å². The van der Waals surface area contributed by atoms with Crippen molar-refractivity contribution in [3.8, 4) is 0 Å². The number of fused-ring (bicyclic) bond motifs is 8. The van der Waals surface area contributed by atoms with E-state index in [1.165, 1.54) is 10.8 Å². The molecule has 1 aliphatic heterocycles. The quantitative estimate of drug-likeness (QED) is 0.293. The zero-order chi connectivity index (χ0) is 20.5. The first-order valence-corrected chi connectivity index (χ1v) is 10.5. The minimum atomic E-state index is -0.359. The van der Waals surface area contributed by atoms with Gasteiger partial charge in [-0.1, -0.05) is 48.5 Å². The van der Waals surface area contributed by atoms with Crippen LogP contribution in [-0.4, -0.2) is 28.2 Å². The lowest BCUT2D eigenvalue weighted by Crippen LogP contribution is -2.51. The molecular weight excluding hydrogens is 371 g/mol. The molecule has 0 bridgehead atoms. The summed E-state index contributed by atoms with van der Waals surface area (Å²) in [5.41, 5.74) is 5.12. The van der Waals surface area contributed by atoms with Gasteiger partial charge in [0.1, 0.15) is 5.65 Å². The van der Waals surface area contributed by atoms with Crippen LogP contribution in [0, 0.1) is 0 Å². The van der Waals surface area contributed by atoms with Crippen molar-refractivity contribution in [2.45, 2.75) is 38.9 Å². The standard InChI is InChI=1S/C25H23BN2O2/c1-16-15-25(2,3)30-26(29-16)17-12-13-19-20(14-17)18-8-4-6-10-22(18)28-23-11-7-5-9-21(23)27-24(19)28/h4-14,16H,15H2,1-3H3. The molecule has 2 aromatic heterocycles. The highest BCUT2D eigenvalue weighted by atomic mass is 16.6. The van der Waals surface area contributed by atoms with Crippen molar-refractivity contribution in [2.24, 2.45) is 0 Å². The molecule has 0 saturated carbocycles. The molecule has 3 aromatic carbocycles. The molecule has 5 aromatic rings. The monoisotopic (exact) mass is 394 g/mol. The topological polar surface area (TPSA) is 35.8 Å². The Labute approximate surface area is 175 Å². The Balaban J connectivity index is 1.66. The van der Waals surface area contributed by atoms with E-state index in [1.54, 1.807) is 0 Å². The summed E-state index contributed by atoms with van der Waals surface area (Å²) in [5.74, 6) is 0. The molecule has 5 heteroatoms. The number of hydrogen-bond donors (Lipinski definition) is 0. The average molecular weight is 394 g/mol. The van der Waals surface area contributed by atoms with E-state index in [1.807, 2.05) is 6.07 Å². The molecule has 1 fully saturated rings. The van der Waals surface area contributed by atoms with E-state index in [0.29, 0.717) is 0 Å². The summed E-state index contributed by atoms with van der Waals surface area (Å²) in [5, 5.41) is 3.51. The summed E-state index contributed by atoms with van der Waals surface area (Å²) in [4.78, 5) is 4.97. The fourth-order valence-electron chi connectivity index (χ4n) is 4.94. The predicted octanol–water partition coefficient (Wildman–Crippen LogP) is 5.09. The summed E-state index contributed by atoms with van der Waals surface area (Å²) in [6, 6.07) is 23.4. The summed E-state index contributed by atoms with van der Waals surface area (Å²) < 4.78 is 14.7. The fourth-order valence-corrected chi connectivity index (χ4v) is 4.94. The minimum Gasteiger partial charge on any atom is -0.405 e. The Morgan fingerprint density at radius 1 is 0.933 bits per heavy atom. The van der Waals surface area contributed by atoms with Crippen molar-refractivity contribution in [3.63, 3.8) is 0 Å². The van der Waals surface area contributed by atoms with Gasteiger partial charge < -0.3 is 9.31 Å². The summed E-state index contributed by atoms with van der Waals surface area (Å²) in [6.07, 6.45) is 1.05. The van der Waals surface area contributed by atoms with E-state index in [9.17, 15) is 0 Å². The molecular formula is C25H23BN2O2. The lowest BCUT2D eigenvalue weighted by Gasteiger charge is -2.38. The summed E-state index contributed by atoms with van der Waals surface area (Å²) >= 11 is 0. The van der Waals surface area contributed by atoms with Gasteiger partial charge in [0.25, 0.3) is 0 Å². The van der Waals surface area contributed by atoms with Crippen LogP contribution in [0.1, 0.15) is 27.2 Å². The molecule has 6 rings (SSSR count). The predicted molar refractivity (Wildman–Crippen MR) is 123 cm³/mol. The van der Waals surface area contributed by atoms with Crippen molar-refractivity contribution >= 4 is 50.9 Å². The van der Waals surface area contributed by atoms with Crippen LogP contribution in [0.3, 0.4) is 0 Å². The number of para-hydroxylation sites is 3. The number of rotatable bonds is 1. The second-order valence-electron chi connectivity index (χ2n) is 8.94. The van der Waals surface area contributed by atoms with E-state index in [-0.39, 0.29) is 18.8 Å². The maximum absolute atomic E-state index is 6.28. The van der Waals surface area contributed by atoms with Crippen LogP contribution in [0.15, 0.2) is 66.7 Å². The second-order valence-corrected chi connectivity index (χ2v) is 8.94. The van der Waals surface area contributed by atoms with Gasteiger partial charge in [0.05, 0.1) is 22.2 Å². The Morgan fingerprint density at radius 3 is 2.53 bits per heavy atom. The molecule has 4 nitrogen and oxygen atoms in total.